The number of methoxy groups -OCH3 is 1. The number of hydrogen-bond acceptors (Lipinski definition) is 4. The summed E-state index contributed by atoms with van der Waals surface area (Å²) < 4.78 is 6.66. The van der Waals surface area contributed by atoms with Gasteiger partial charge >= 0.3 is 0 Å². The van der Waals surface area contributed by atoms with Crippen LogP contribution in [-0.4, -0.2) is 30.4 Å². The Bertz CT molecular complexity index is 940. The van der Waals surface area contributed by atoms with Crippen LogP contribution in [0.2, 0.25) is 0 Å². The fourth-order valence-electron chi connectivity index (χ4n) is 3.42. The largest absolute Gasteiger partial charge is 0.497 e. The van der Waals surface area contributed by atoms with E-state index in [-0.39, 0.29) is 16.8 Å². The molecule has 1 aromatic heterocycles. The van der Waals surface area contributed by atoms with E-state index in [1.54, 1.807) is 31.4 Å². The number of benzene rings is 1. The molecule has 6 nitrogen and oxygen atoms in total. The van der Waals surface area contributed by atoms with E-state index in [1.807, 2.05) is 13.8 Å². The molecule has 0 saturated heterocycles. The molecule has 1 aliphatic rings. The number of hydrogen-bond donors (Lipinski definition) is 1. The molecular formula is C20H22N2O4. The number of amides is 1. The van der Waals surface area contributed by atoms with Gasteiger partial charge in [0, 0.05) is 30.4 Å². The van der Waals surface area contributed by atoms with Crippen molar-refractivity contribution in [3.63, 3.8) is 0 Å². The zero-order valence-corrected chi connectivity index (χ0v) is 15.4. The van der Waals surface area contributed by atoms with Crippen molar-refractivity contribution in [1.82, 2.24) is 9.88 Å². The number of nitrogens with one attached hydrogen (secondary N) is 1. The zero-order valence-electron chi connectivity index (χ0n) is 15.4. The Labute approximate surface area is 151 Å². The maximum atomic E-state index is 13.1. The predicted octanol–water partition coefficient (Wildman–Crippen LogP) is 2.36. The van der Waals surface area contributed by atoms with Crippen LogP contribution in [-0.2, 0) is 6.42 Å². The second-order valence-corrected chi connectivity index (χ2v) is 7.28. The summed E-state index contributed by atoms with van der Waals surface area (Å²) in [5, 5.41) is 2.47. The third-order valence-corrected chi connectivity index (χ3v) is 4.69. The summed E-state index contributed by atoms with van der Waals surface area (Å²) in [6, 6.07) is 8.43. The number of carbonyl (C=O) groups is 2. The van der Waals surface area contributed by atoms with Crippen molar-refractivity contribution in [2.45, 2.75) is 26.7 Å². The van der Waals surface area contributed by atoms with Crippen LogP contribution in [0.25, 0.3) is 5.69 Å². The number of fused-ring (bicyclic) bond motifs is 1. The van der Waals surface area contributed by atoms with Crippen LogP contribution in [0, 0.1) is 5.41 Å². The SMILES string of the molecule is CNC(=O)c1cc2c(n(-c3ccc(OC)cc3)c1=O)CC(C)(C)CC2=O. The second-order valence-electron chi connectivity index (χ2n) is 7.28. The Morgan fingerprint density at radius 1 is 1.15 bits per heavy atom. The van der Waals surface area contributed by atoms with Crippen molar-refractivity contribution in [3.05, 3.63) is 57.5 Å². The molecule has 0 saturated carbocycles. The van der Waals surface area contributed by atoms with Gasteiger partial charge in [-0.1, -0.05) is 13.8 Å². The fraction of sp³-hybridized carbons (Fsp3) is 0.350. The first-order valence-corrected chi connectivity index (χ1v) is 8.46. The molecule has 0 fully saturated rings. The molecule has 0 aliphatic heterocycles. The third kappa shape index (κ3) is 3.03. The first-order valence-electron chi connectivity index (χ1n) is 8.46. The van der Waals surface area contributed by atoms with Crippen molar-refractivity contribution in [2.75, 3.05) is 14.2 Å². The van der Waals surface area contributed by atoms with Gasteiger partial charge in [0.25, 0.3) is 11.5 Å². The number of ether oxygens (including phenoxy) is 1. The lowest BCUT2D eigenvalue weighted by Crippen LogP contribution is -2.38. The lowest BCUT2D eigenvalue weighted by atomic mass is 9.75. The van der Waals surface area contributed by atoms with Gasteiger partial charge in [0.05, 0.1) is 7.11 Å². The number of nitrogens with zero attached hydrogens (tertiary/aromatic N) is 1. The van der Waals surface area contributed by atoms with E-state index in [0.717, 1.165) is 0 Å². The lowest BCUT2D eigenvalue weighted by molar-refractivity contribution is 0.0908. The van der Waals surface area contributed by atoms with Gasteiger partial charge in [-0.3, -0.25) is 19.0 Å². The molecule has 3 rings (SSSR count). The molecule has 0 bridgehead atoms. The molecule has 1 aliphatic carbocycles. The molecule has 0 atom stereocenters. The molecule has 1 amide bonds. The number of Topliss-reactive ketones (excluding diaryl/α,β-unsaturated/α-hetero) is 1. The van der Waals surface area contributed by atoms with Crippen LogP contribution >= 0.6 is 0 Å². The van der Waals surface area contributed by atoms with Crippen molar-refractivity contribution in [2.24, 2.45) is 5.41 Å². The van der Waals surface area contributed by atoms with Crippen LogP contribution in [0.3, 0.4) is 0 Å². The summed E-state index contributed by atoms with van der Waals surface area (Å²) in [5.41, 5.74) is 0.976. The Morgan fingerprint density at radius 3 is 2.38 bits per heavy atom. The normalized spacial score (nSPS) is 15.3. The summed E-state index contributed by atoms with van der Waals surface area (Å²) in [5.74, 6) is 0.107. The van der Waals surface area contributed by atoms with Gasteiger partial charge in [0.15, 0.2) is 5.78 Å². The molecule has 6 heteroatoms. The number of aromatic nitrogens is 1. The Hall–Kier alpha value is -2.89. The van der Waals surface area contributed by atoms with Crippen molar-refractivity contribution in [1.29, 1.82) is 0 Å². The van der Waals surface area contributed by atoms with Gasteiger partial charge in [0.2, 0.25) is 0 Å². The van der Waals surface area contributed by atoms with E-state index >= 15 is 0 Å². The van der Waals surface area contributed by atoms with E-state index in [4.69, 9.17) is 4.74 Å². The molecule has 1 aromatic carbocycles. The minimum Gasteiger partial charge on any atom is -0.497 e. The highest BCUT2D eigenvalue weighted by Gasteiger charge is 2.34. The van der Waals surface area contributed by atoms with Crippen molar-refractivity contribution in [3.8, 4) is 11.4 Å². The van der Waals surface area contributed by atoms with E-state index in [2.05, 4.69) is 5.32 Å². The average molecular weight is 354 g/mol. The molecule has 1 N–H and O–H groups in total. The van der Waals surface area contributed by atoms with Gasteiger partial charge in [-0.05, 0) is 42.2 Å². The number of pyridine rings is 1. The third-order valence-electron chi connectivity index (χ3n) is 4.69. The number of ketones is 1. The Balaban J connectivity index is 2.33. The highest BCUT2D eigenvalue weighted by Crippen LogP contribution is 2.35. The maximum Gasteiger partial charge on any atom is 0.268 e. The molecule has 26 heavy (non-hydrogen) atoms. The minimum atomic E-state index is -0.502. The van der Waals surface area contributed by atoms with E-state index in [1.165, 1.54) is 17.7 Å². The standard InChI is InChI=1S/C20H22N2O4/c1-20(2)10-16-14(17(23)11-20)9-15(18(24)21-3)19(25)22(16)12-5-7-13(26-4)8-6-12/h5-9H,10-11H2,1-4H3,(H,21,24). The fourth-order valence-corrected chi connectivity index (χ4v) is 3.42. The van der Waals surface area contributed by atoms with Crippen LogP contribution < -0.4 is 15.6 Å². The van der Waals surface area contributed by atoms with Crippen LogP contribution in [0.15, 0.2) is 35.1 Å². The molecule has 136 valence electrons. The summed E-state index contributed by atoms with van der Waals surface area (Å²) >= 11 is 0. The van der Waals surface area contributed by atoms with Gasteiger partial charge < -0.3 is 10.1 Å². The van der Waals surface area contributed by atoms with Gasteiger partial charge in [-0.15, -0.1) is 0 Å². The average Bonchev–Trinajstić information content (AvgIpc) is 2.60. The quantitative estimate of drug-likeness (QED) is 0.918. The van der Waals surface area contributed by atoms with Crippen LogP contribution in [0.1, 0.15) is 46.7 Å². The highest BCUT2D eigenvalue weighted by atomic mass is 16.5. The van der Waals surface area contributed by atoms with Crippen LogP contribution in [0.4, 0.5) is 0 Å². The molecule has 1 heterocycles. The van der Waals surface area contributed by atoms with Gasteiger partial charge in [-0.2, -0.15) is 0 Å². The molecule has 0 radical (unpaired) electrons. The molecular weight excluding hydrogens is 332 g/mol. The summed E-state index contributed by atoms with van der Waals surface area (Å²) in [4.78, 5) is 37.9. The monoisotopic (exact) mass is 354 g/mol. The molecule has 0 spiro atoms. The van der Waals surface area contributed by atoms with E-state index in [9.17, 15) is 14.4 Å². The Kier molecular flexibility index (Phi) is 4.44. The maximum absolute atomic E-state index is 13.1. The number of carbonyl (C=O) groups excluding carboxylic acids is 2. The Morgan fingerprint density at radius 2 is 1.81 bits per heavy atom. The minimum absolute atomic E-state index is 0.0323. The number of rotatable bonds is 3. The molecule has 2 aromatic rings. The topological polar surface area (TPSA) is 77.4 Å². The predicted molar refractivity (Wildman–Crippen MR) is 98.4 cm³/mol. The van der Waals surface area contributed by atoms with E-state index < -0.39 is 11.5 Å². The first-order chi connectivity index (χ1) is 12.3. The molecule has 0 unspecified atom stereocenters. The van der Waals surface area contributed by atoms with Crippen molar-refractivity contribution >= 4 is 11.7 Å². The van der Waals surface area contributed by atoms with E-state index in [0.29, 0.717) is 35.5 Å². The van der Waals surface area contributed by atoms with Crippen LogP contribution in [0.5, 0.6) is 5.75 Å². The smallest absolute Gasteiger partial charge is 0.268 e. The summed E-state index contributed by atoms with van der Waals surface area (Å²) in [6.45, 7) is 4.01. The summed E-state index contributed by atoms with van der Waals surface area (Å²) in [6.07, 6.45) is 0.956. The van der Waals surface area contributed by atoms with Gasteiger partial charge in [-0.25, -0.2) is 0 Å². The lowest BCUT2D eigenvalue weighted by Gasteiger charge is -2.32. The zero-order chi connectivity index (χ0) is 19.1. The second kappa shape index (κ2) is 6.44. The summed E-state index contributed by atoms with van der Waals surface area (Å²) in [7, 11) is 3.03. The first kappa shape index (κ1) is 17.9. The highest BCUT2D eigenvalue weighted by molar-refractivity contribution is 6.02. The van der Waals surface area contributed by atoms with Crippen molar-refractivity contribution < 1.29 is 14.3 Å². The van der Waals surface area contributed by atoms with Gasteiger partial charge in [0.1, 0.15) is 11.3 Å².